The van der Waals surface area contributed by atoms with Crippen LogP contribution in [-0.4, -0.2) is 35.7 Å². The molecule has 6 heteroatoms. The van der Waals surface area contributed by atoms with E-state index in [1.807, 2.05) is 0 Å². The minimum Gasteiger partial charge on any atom is -0.462 e. The fourth-order valence-electron chi connectivity index (χ4n) is 3.20. The lowest BCUT2D eigenvalue weighted by molar-refractivity contribution is -0.205. The van der Waals surface area contributed by atoms with Gasteiger partial charge in [0.2, 0.25) is 0 Å². The molecule has 6 nitrogen and oxygen atoms in total. The van der Waals surface area contributed by atoms with Gasteiger partial charge in [-0.15, -0.1) is 0 Å². The highest BCUT2D eigenvalue weighted by molar-refractivity contribution is 5.71. The van der Waals surface area contributed by atoms with Gasteiger partial charge in [0.05, 0.1) is 0 Å². The minimum absolute atomic E-state index is 0.248. The highest BCUT2D eigenvalue weighted by Gasteiger charge is 2.49. The number of hydrogen-bond donors (Lipinski definition) is 0. The van der Waals surface area contributed by atoms with E-state index in [0.717, 1.165) is 6.42 Å². The van der Waals surface area contributed by atoms with Crippen molar-refractivity contribution in [1.29, 1.82) is 0 Å². The molecule has 1 saturated carbocycles. The largest absolute Gasteiger partial charge is 0.462 e. The standard InChI is InChI=1S/C20H34O6/c1-6-17(21)24-15-10-12-20(11-9-14(4)5,26-19(23)8-3)16(13-15)25-18(22)7-2/h14-16H,6-13H2,1-5H3. The molecule has 0 aromatic heterocycles. The van der Waals surface area contributed by atoms with Crippen LogP contribution < -0.4 is 0 Å². The van der Waals surface area contributed by atoms with Crippen LogP contribution in [0.1, 0.15) is 86.0 Å². The molecular weight excluding hydrogens is 336 g/mol. The molecule has 0 aromatic carbocycles. The summed E-state index contributed by atoms with van der Waals surface area (Å²) in [6.07, 6.45) is 2.89. The van der Waals surface area contributed by atoms with Crippen LogP contribution in [-0.2, 0) is 28.6 Å². The Labute approximate surface area is 156 Å². The first kappa shape index (κ1) is 22.5. The van der Waals surface area contributed by atoms with Gasteiger partial charge in [0, 0.05) is 25.7 Å². The molecule has 3 atom stereocenters. The molecule has 0 aromatic rings. The van der Waals surface area contributed by atoms with Crippen molar-refractivity contribution in [3.8, 4) is 0 Å². The zero-order chi connectivity index (χ0) is 19.7. The SMILES string of the molecule is CCC(=O)OC1CCC(CCC(C)C)(OC(=O)CC)C(OC(=O)CC)C1. The van der Waals surface area contributed by atoms with Gasteiger partial charge in [-0.3, -0.25) is 14.4 Å². The lowest BCUT2D eigenvalue weighted by Crippen LogP contribution is -2.54. The maximum absolute atomic E-state index is 12.1. The van der Waals surface area contributed by atoms with Crippen molar-refractivity contribution < 1.29 is 28.6 Å². The molecule has 0 spiro atoms. The summed E-state index contributed by atoms with van der Waals surface area (Å²) in [5, 5.41) is 0. The summed E-state index contributed by atoms with van der Waals surface area (Å²) in [7, 11) is 0. The van der Waals surface area contributed by atoms with Crippen LogP contribution in [0, 0.1) is 5.92 Å². The first-order chi connectivity index (χ1) is 12.3. The second-order valence-electron chi connectivity index (χ2n) is 7.40. The zero-order valence-corrected chi connectivity index (χ0v) is 16.8. The van der Waals surface area contributed by atoms with Crippen molar-refractivity contribution in [2.24, 2.45) is 5.92 Å². The molecule has 0 radical (unpaired) electrons. The summed E-state index contributed by atoms with van der Waals surface area (Å²) in [6, 6.07) is 0. The highest BCUT2D eigenvalue weighted by atomic mass is 16.6. The Hall–Kier alpha value is -1.59. The third kappa shape index (κ3) is 6.61. The first-order valence-electron chi connectivity index (χ1n) is 9.87. The van der Waals surface area contributed by atoms with Crippen LogP contribution in [0.5, 0.6) is 0 Å². The predicted molar refractivity (Wildman–Crippen MR) is 97.4 cm³/mol. The molecule has 1 aliphatic rings. The van der Waals surface area contributed by atoms with Crippen molar-refractivity contribution in [3.63, 3.8) is 0 Å². The Morgan fingerprint density at radius 1 is 0.962 bits per heavy atom. The van der Waals surface area contributed by atoms with Crippen molar-refractivity contribution in [2.75, 3.05) is 0 Å². The third-order valence-electron chi connectivity index (χ3n) is 4.85. The lowest BCUT2D eigenvalue weighted by Gasteiger charge is -2.45. The van der Waals surface area contributed by atoms with Gasteiger partial charge in [0.1, 0.15) is 17.8 Å². The van der Waals surface area contributed by atoms with Gasteiger partial charge in [0.15, 0.2) is 0 Å². The van der Waals surface area contributed by atoms with Gasteiger partial charge in [0.25, 0.3) is 0 Å². The number of esters is 3. The number of ether oxygens (including phenoxy) is 3. The zero-order valence-electron chi connectivity index (χ0n) is 16.8. The summed E-state index contributed by atoms with van der Waals surface area (Å²) in [5.74, 6) is -0.463. The summed E-state index contributed by atoms with van der Waals surface area (Å²) in [5.41, 5.74) is -0.836. The lowest BCUT2D eigenvalue weighted by atomic mass is 9.76. The number of carbonyl (C=O) groups excluding carboxylic acids is 3. The highest BCUT2D eigenvalue weighted by Crippen LogP contribution is 2.40. The van der Waals surface area contributed by atoms with Crippen LogP contribution in [0.15, 0.2) is 0 Å². The van der Waals surface area contributed by atoms with Gasteiger partial charge in [-0.05, 0) is 31.6 Å². The molecular formula is C20H34O6. The van der Waals surface area contributed by atoms with E-state index in [1.54, 1.807) is 20.8 Å². The van der Waals surface area contributed by atoms with Crippen molar-refractivity contribution >= 4 is 17.9 Å². The van der Waals surface area contributed by atoms with Gasteiger partial charge < -0.3 is 14.2 Å². The summed E-state index contributed by atoms with van der Waals surface area (Å²) in [6.45, 7) is 9.44. The predicted octanol–water partition coefficient (Wildman–Crippen LogP) is 3.94. The van der Waals surface area contributed by atoms with E-state index in [2.05, 4.69) is 13.8 Å². The van der Waals surface area contributed by atoms with E-state index in [-0.39, 0.29) is 36.9 Å². The van der Waals surface area contributed by atoms with Crippen molar-refractivity contribution in [1.82, 2.24) is 0 Å². The molecule has 0 N–H and O–H groups in total. The van der Waals surface area contributed by atoms with E-state index in [9.17, 15) is 14.4 Å². The Kier molecular flexibility index (Phi) is 9.09. The molecule has 1 aliphatic carbocycles. The summed E-state index contributed by atoms with van der Waals surface area (Å²) < 4.78 is 17.0. The maximum Gasteiger partial charge on any atom is 0.306 e. The molecule has 0 heterocycles. The molecule has 150 valence electrons. The Balaban J connectivity index is 3.05. The normalized spacial score (nSPS) is 25.6. The van der Waals surface area contributed by atoms with Gasteiger partial charge in [-0.1, -0.05) is 34.6 Å². The van der Waals surface area contributed by atoms with Crippen LogP contribution in [0.2, 0.25) is 0 Å². The minimum atomic E-state index is -0.836. The van der Waals surface area contributed by atoms with Crippen LogP contribution in [0.3, 0.4) is 0 Å². The molecule has 0 amide bonds. The molecule has 3 unspecified atom stereocenters. The maximum atomic E-state index is 12.1. The second kappa shape index (κ2) is 10.5. The first-order valence-corrected chi connectivity index (χ1v) is 9.87. The monoisotopic (exact) mass is 370 g/mol. The molecule has 0 aliphatic heterocycles. The quantitative estimate of drug-likeness (QED) is 0.452. The second-order valence-corrected chi connectivity index (χ2v) is 7.40. The average molecular weight is 370 g/mol. The fourth-order valence-corrected chi connectivity index (χ4v) is 3.20. The smallest absolute Gasteiger partial charge is 0.306 e. The van der Waals surface area contributed by atoms with Gasteiger partial charge in [-0.25, -0.2) is 0 Å². The number of hydrogen-bond acceptors (Lipinski definition) is 6. The molecule has 1 rings (SSSR count). The van der Waals surface area contributed by atoms with E-state index >= 15 is 0 Å². The van der Waals surface area contributed by atoms with Crippen LogP contribution in [0.25, 0.3) is 0 Å². The van der Waals surface area contributed by atoms with Crippen LogP contribution in [0.4, 0.5) is 0 Å². The Morgan fingerprint density at radius 3 is 2.08 bits per heavy atom. The van der Waals surface area contributed by atoms with Gasteiger partial charge in [-0.2, -0.15) is 0 Å². The molecule has 0 bridgehead atoms. The summed E-state index contributed by atoms with van der Waals surface area (Å²) >= 11 is 0. The number of carbonyl (C=O) groups is 3. The average Bonchev–Trinajstić information content (AvgIpc) is 2.62. The fraction of sp³-hybridized carbons (Fsp3) is 0.850. The van der Waals surface area contributed by atoms with E-state index < -0.39 is 11.7 Å². The van der Waals surface area contributed by atoms with Crippen molar-refractivity contribution in [2.45, 2.75) is 104 Å². The topological polar surface area (TPSA) is 78.9 Å². The van der Waals surface area contributed by atoms with Crippen LogP contribution >= 0.6 is 0 Å². The van der Waals surface area contributed by atoms with Gasteiger partial charge >= 0.3 is 17.9 Å². The number of rotatable bonds is 9. The van der Waals surface area contributed by atoms with E-state index in [4.69, 9.17) is 14.2 Å². The van der Waals surface area contributed by atoms with E-state index in [0.29, 0.717) is 38.0 Å². The molecule has 26 heavy (non-hydrogen) atoms. The van der Waals surface area contributed by atoms with E-state index in [1.165, 1.54) is 0 Å². The summed E-state index contributed by atoms with van der Waals surface area (Å²) in [4.78, 5) is 35.7. The third-order valence-corrected chi connectivity index (χ3v) is 4.85. The Bertz CT molecular complexity index is 487. The van der Waals surface area contributed by atoms with Crippen molar-refractivity contribution in [3.05, 3.63) is 0 Å². The Morgan fingerprint density at radius 2 is 1.54 bits per heavy atom. The molecule has 1 fully saturated rings. The molecule has 0 saturated heterocycles.